The fourth-order valence-corrected chi connectivity index (χ4v) is 4.11. The number of β-amino-alcohol motifs (C(OH)–C–C–N with tert-alkyl or cyclic N) is 1. The highest BCUT2D eigenvalue weighted by Crippen LogP contribution is 2.33. The van der Waals surface area contributed by atoms with Crippen LogP contribution in [0, 0.1) is 0 Å². The maximum Gasteiger partial charge on any atom is 0.410 e. The molecule has 3 saturated heterocycles. The summed E-state index contributed by atoms with van der Waals surface area (Å²) >= 11 is 0. The third-order valence-corrected chi connectivity index (χ3v) is 5.71. The Morgan fingerprint density at radius 2 is 2.08 bits per heavy atom. The highest BCUT2D eigenvalue weighted by molar-refractivity contribution is 5.82. The van der Waals surface area contributed by atoms with Crippen molar-refractivity contribution >= 4 is 12.0 Å². The average molecular weight is 353 g/mol. The van der Waals surface area contributed by atoms with Crippen LogP contribution in [0.1, 0.15) is 51.9 Å². The fourth-order valence-electron chi connectivity index (χ4n) is 4.11. The second-order valence-corrected chi connectivity index (χ2v) is 7.71. The predicted molar refractivity (Wildman–Crippen MR) is 93.2 cm³/mol. The molecule has 0 aromatic carbocycles. The molecule has 7 heteroatoms. The van der Waals surface area contributed by atoms with Crippen LogP contribution >= 0.6 is 0 Å². The lowest BCUT2D eigenvalue weighted by Crippen LogP contribution is -2.52. The van der Waals surface area contributed by atoms with Crippen LogP contribution < -0.4 is 5.32 Å². The summed E-state index contributed by atoms with van der Waals surface area (Å²) in [4.78, 5) is 28.4. The number of nitrogens with zero attached hydrogens (tertiary/aromatic N) is 2. The second kappa shape index (κ2) is 7.91. The SMILES string of the molecule is CCCCCCN1CC2(CCN(C(=O)[C@@H]3C[C@@H](O)CN3)CC2)OC1=O. The number of unbranched alkanes of at least 4 members (excludes halogenated alkanes) is 3. The molecular formula is C18H31N3O4. The Morgan fingerprint density at radius 1 is 1.32 bits per heavy atom. The highest BCUT2D eigenvalue weighted by atomic mass is 16.6. The van der Waals surface area contributed by atoms with Crippen molar-refractivity contribution in [3.63, 3.8) is 0 Å². The van der Waals surface area contributed by atoms with Crippen molar-refractivity contribution in [2.24, 2.45) is 0 Å². The van der Waals surface area contributed by atoms with Gasteiger partial charge in [0.15, 0.2) is 0 Å². The molecular weight excluding hydrogens is 322 g/mol. The van der Waals surface area contributed by atoms with E-state index < -0.39 is 11.7 Å². The van der Waals surface area contributed by atoms with Crippen molar-refractivity contribution < 1.29 is 19.4 Å². The first-order valence-electron chi connectivity index (χ1n) is 9.71. The average Bonchev–Trinajstić information content (AvgIpc) is 3.16. The summed E-state index contributed by atoms with van der Waals surface area (Å²) in [7, 11) is 0. The smallest absolute Gasteiger partial charge is 0.410 e. The summed E-state index contributed by atoms with van der Waals surface area (Å²) in [6.45, 7) is 5.32. The van der Waals surface area contributed by atoms with Crippen LogP contribution in [0.25, 0.3) is 0 Å². The first-order valence-corrected chi connectivity index (χ1v) is 9.71. The van der Waals surface area contributed by atoms with Gasteiger partial charge in [0.1, 0.15) is 5.60 Å². The Labute approximate surface area is 149 Å². The maximum atomic E-state index is 12.5. The van der Waals surface area contributed by atoms with Crippen LogP contribution in [0.4, 0.5) is 4.79 Å². The molecule has 0 aromatic heterocycles. The van der Waals surface area contributed by atoms with E-state index >= 15 is 0 Å². The van der Waals surface area contributed by atoms with Gasteiger partial charge in [0.05, 0.1) is 18.7 Å². The van der Waals surface area contributed by atoms with Crippen molar-refractivity contribution in [1.82, 2.24) is 15.1 Å². The molecule has 3 fully saturated rings. The predicted octanol–water partition coefficient (Wildman–Crippen LogP) is 1.10. The molecule has 0 aromatic rings. The molecule has 3 aliphatic rings. The van der Waals surface area contributed by atoms with Gasteiger partial charge >= 0.3 is 6.09 Å². The van der Waals surface area contributed by atoms with Crippen LogP contribution in [0.2, 0.25) is 0 Å². The lowest BCUT2D eigenvalue weighted by Gasteiger charge is -2.38. The van der Waals surface area contributed by atoms with E-state index in [0.29, 0.717) is 45.4 Å². The van der Waals surface area contributed by atoms with Gasteiger partial charge in [-0.05, 0) is 12.8 Å². The topological polar surface area (TPSA) is 82.1 Å². The summed E-state index contributed by atoms with van der Waals surface area (Å²) in [6, 6.07) is -0.273. The quantitative estimate of drug-likeness (QED) is 0.699. The minimum absolute atomic E-state index is 0.0622. The summed E-state index contributed by atoms with van der Waals surface area (Å²) in [6.07, 6.45) is 5.83. The van der Waals surface area contributed by atoms with Gasteiger partial charge in [-0.3, -0.25) is 4.79 Å². The third-order valence-electron chi connectivity index (χ3n) is 5.71. The number of likely N-dealkylation sites (tertiary alicyclic amines) is 1. The van der Waals surface area contributed by atoms with E-state index in [2.05, 4.69) is 12.2 Å². The Bertz CT molecular complexity index is 491. The first-order chi connectivity index (χ1) is 12.0. The Hall–Kier alpha value is -1.34. The van der Waals surface area contributed by atoms with E-state index in [1.54, 1.807) is 0 Å². The van der Waals surface area contributed by atoms with Gasteiger partial charge in [-0.25, -0.2) is 4.79 Å². The molecule has 3 aliphatic heterocycles. The Balaban J connectivity index is 1.46. The molecule has 7 nitrogen and oxygen atoms in total. The van der Waals surface area contributed by atoms with E-state index in [-0.39, 0.29) is 18.0 Å². The molecule has 142 valence electrons. The summed E-state index contributed by atoms with van der Waals surface area (Å²) in [5.74, 6) is 0.0622. The van der Waals surface area contributed by atoms with Crippen molar-refractivity contribution in [3.8, 4) is 0 Å². The zero-order valence-electron chi connectivity index (χ0n) is 15.2. The number of nitrogens with one attached hydrogen (secondary N) is 1. The lowest BCUT2D eigenvalue weighted by atomic mass is 9.91. The number of rotatable bonds is 6. The van der Waals surface area contributed by atoms with E-state index in [1.807, 2.05) is 9.80 Å². The van der Waals surface area contributed by atoms with Gasteiger partial charge in [-0.2, -0.15) is 0 Å². The van der Waals surface area contributed by atoms with Gasteiger partial charge in [-0.15, -0.1) is 0 Å². The number of aliphatic hydroxyl groups is 1. The van der Waals surface area contributed by atoms with E-state index in [9.17, 15) is 14.7 Å². The van der Waals surface area contributed by atoms with Crippen LogP contribution in [-0.2, 0) is 9.53 Å². The standard InChI is InChI=1S/C18H31N3O4/c1-2-3-4-5-8-21-13-18(25-17(21)24)6-9-20(10-7-18)16(23)15-11-14(22)12-19-15/h14-15,19,22H,2-13H2,1H3/t14-,15+/m1/s1. The molecule has 3 heterocycles. The monoisotopic (exact) mass is 353 g/mol. The second-order valence-electron chi connectivity index (χ2n) is 7.71. The van der Waals surface area contributed by atoms with Crippen LogP contribution in [0.3, 0.4) is 0 Å². The van der Waals surface area contributed by atoms with Gasteiger partial charge in [0, 0.05) is 39.0 Å². The molecule has 0 saturated carbocycles. The van der Waals surface area contributed by atoms with Crippen molar-refractivity contribution in [2.75, 3.05) is 32.7 Å². The van der Waals surface area contributed by atoms with Gasteiger partial charge in [0.2, 0.25) is 5.91 Å². The van der Waals surface area contributed by atoms with Crippen LogP contribution in [0.5, 0.6) is 0 Å². The van der Waals surface area contributed by atoms with Crippen molar-refractivity contribution in [1.29, 1.82) is 0 Å². The molecule has 0 aliphatic carbocycles. The van der Waals surface area contributed by atoms with Gasteiger partial charge < -0.3 is 25.0 Å². The molecule has 0 bridgehead atoms. The first kappa shape index (κ1) is 18.5. The molecule has 2 N–H and O–H groups in total. The molecule has 2 atom stereocenters. The Kier molecular flexibility index (Phi) is 5.84. The molecule has 2 amide bonds. The van der Waals surface area contributed by atoms with Crippen LogP contribution in [-0.4, -0.2) is 77.4 Å². The van der Waals surface area contributed by atoms with Crippen molar-refractivity contribution in [2.45, 2.75) is 69.6 Å². The normalized spacial score (nSPS) is 28.6. The number of carbonyl (C=O) groups is 2. The zero-order valence-corrected chi connectivity index (χ0v) is 15.2. The summed E-state index contributed by atoms with van der Waals surface area (Å²) in [5, 5.41) is 12.7. The molecule has 0 unspecified atom stereocenters. The third kappa shape index (κ3) is 4.26. The number of hydrogen-bond acceptors (Lipinski definition) is 5. The number of carbonyl (C=O) groups excluding carboxylic acids is 2. The van der Waals surface area contributed by atoms with E-state index in [1.165, 1.54) is 12.8 Å². The minimum atomic E-state index is -0.429. The summed E-state index contributed by atoms with van der Waals surface area (Å²) in [5.41, 5.74) is -0.415. The van der Waals surface area contributed by atoms with E-state index in [4.69, 9.17) is 4.74 Å². The number of piperidine rings is 1. The molecule has 3 rings (SSSR count). The highest BCUT2D eigenvalue weighted by Gasteiger charge is 2.47. The number of ether oxygens (including phenoxy) is 1. The van der Waals surface area contributed by atoms with E-state index in [0.717, 1.165) is 19.4 Å². The molecule has 25 heavy (non-hydrogen) atoms. The zero-order chi connectivity index (χ0) is 17.9. The molecule has 0 radical (unpaired) electrons. The summed E-state index contributed by atoms with van der Waals surface area (Å²) < 4.78 is 5.72. The van der Waals surface area contributed by atoms with Gasteiger partial charge in [-0.1, -0.05) is 26.2 Å². The van der Waals surface area contributed by atoms with Crippen LogP contribution in [0.15, 0.2) is 0 Å². The number of hydrogen-bond donors (Lipinski definition) is 2. The number of aliphatic hydroxyl groups excluding tert-OH is 1. The Morgan fingerprint density at radius 3 is 2.72 bits per heavy atom. The van der Waals surface area contributed by atoms with Crippen molar-refractivity contribution in [3.05, 3.63) is 0 Å². The van der Waals surface area contributed by atoms with Gasteiger partial charge in [0.25, 0.3) is 0 Å². The number of amides is 2. The molecule has 1 spiro atoms. The lowest BCUT2D eigenvalue weighted by molar-refractivity contribution is -0.136. The maximum absolute atomic E-state index is 12.5. The fraction of sp³-hybridized carbons (Fsp3) is 0.889. The largest absolute Gasteiger partial charge is 0.441 e. The minimum Gasteiger partial charge on any atom is -0.441 e.